The average Bonchev–Trinajstić information content (AvgIpc) is 2.32. The van der Waals surface area contributed by atoms with E-state index < -0.39 is 11.9 Å². The first-order valence-electron chi connectivity index (χ1n) is 6.27. The Bertz CT molecular complexity index is 206. The van der Waals surface area contributed by atoms with Gasteiger partial charge in [0.15, 0.2) is 0 Å². The molecule has 0 heterocycles. The molecule has 6 N–H and O–H groups in total. The fraction of sp³-hybridized carbons (Fsp3) is 0.833. The summed E-state index contributed by atoms with van der Waals surface area (Å²) in [5, 5.41) is 16.3. The molecule has 0 aromatic rings. The van der Waals surface area contributed by atoms with E-state index in [9.17, 15) is 9.59 Å². The summed E-state index contributed by atoms with van der Waals surface area (Å²) in [6.07, 6.45) is 3.30. The van der Waals surface area contributed by atoms with Crippen LogP contribution in [0.2, 0.25) is 0 Å². The van der Waals surface area contributed by atoms with E-state index in [0.29, 0.717) is 18.8 Å². The second kappa shape index (κ2) is 13.9. The lowest BCUT2D eigenvalue weighted by molar-refractivity contribution is -0.139. The first kappa shape index (κ1) is 19.2. The van der Waals surface area contributed by atoms with Crippen molar-refractivity contribution < 1.29 is 19.8 Å². The van der Waals surface area contributed by atoms with Gasteiger partial charge in [0.2, 0.25) is 0 Å². The summed E-state index contributed by atoms with van der Waals surface area (Å²) in [7, 11) is 0. The SMILES string of the molecule is CC(CN)CCCN.O=C(O)CCCCC(=O)O. The van der Waals surface area contributed by atoms with Crippen molar-refractivity contribution in [2.24, 2.45) is 17.4 Å². The molecule has 6 nitrogen and oxygen atoms in total. The lowest BCUT2D eigenvalue weighted by Crippen LogP contribution is -2.12. The van der Waals surface area contributed by atoms with E-state index in [1.807, 2.05) is 0 Å². The molecular formula is C12H26N2O4. The second-order valence-electron chi connectivity index (χ2n) is 4.27. The number of aliphatic carboxylic acids is 2. The third-order valence-electron chi connectivity index (χ3n) is 2.33. The lowest BCUT2D eigenvalue weighted by atomic mass is 10.1. The van der Waals surface area contributed by atoms with Gasteiger partial charge in [-0.15, -0.1) is 0 Å². The number of hydrogen-bond acceptors (Lipinski definition) is 4. The predicted molar refractivity (Wildman–Crippen MR) is 70.2 cm³/mol. The molecule has 0 radical (unpaired) electrons. The second-order valence-corrected chi connectivity index (χ2v) is 4.27. The van der Waals surface area contributed by atoms with Gasteiger partial charge < -0.3 is 21.7 Å². The largest absolute Gasteiger partial charge is 0.481 e. The molecule has 0 saturated carbocycles. The number of nitrogens with two attached hydrogens (primary N) is 2. The van der Waals surface area contributed by atoms with E-state index >= 15 is 0 Å². The summed E-state index contributed by atoms with van der Waals surface area (Å²) in [4.78, 5) is 19.8. The van der Waals surface area contributed by atoms with Gasteiger partial charge in [0.1, 0.15) is 0 Å². The van der Waals surface area contributed by atoms with Crippen LogP contribution < -0.4 is 11.5 Å². The number of unbranched alkanes of at least 4 members (excludes halogenated alkanes) is 1. The number of carbonyl (C=O) groups is 2. The summed E-state index contributed by atoms with van der Waals surface area (Å²) in [6.45, 7) is 3.74. The van der Waals surface area contributed by atoms with Crippen LogP contribution >= 0.6 is 0 Å². The standard InChI is InChI=1S/C6H16N2.C6H10O4/c1-6(5-8)3-2-4-7;7-5(8)3-1-2-4-6(9)10/h6H,2-5,7-8H2,1H3;1-4H2,(H,7,8)(H,9,10). The molecule has 18 heavy (non-hydrogen) atoms. The zero-order valence-electron chi connectivity index (χ0n) is 11.1. The maximum absolute atomic E-state index is 9.90. The molecule has 0 amide bonds. The van der Waals surface area contributed by atoms with E-state index in [1.165, 1.54) is 6.42 Å². The smallest absolute Gasteiger partial charge is 0.303 e. The van der Waals surface area contributed by atoms with Crippen LogP contribution in [0.3, 0.4) is 0 Å². The van der Waals surface area contributed by atoms with Crippen molar-refractivity contribution in [1.82, 2.24) is 0 Å². The van der Waals surface area contributed by atoms with Crippen LogP contribution in [0.15, 0.2) is 0 Å². The van der Waals surface area contributed by atoms with E-state index in [0.717, 1.165) is 19.5 Å². The molecule has 0 spiro atoms. The summed E-state index contributed by atoms with van der Waals surface area (Å²) >= 11 is 0. The molecular weight excluding hydrogens is 236 g/mol. The quantitative estimate of drug-likeness (QED) is 0.460. The Hall–Kier alpha value is -1.14. The minimum absolute atomic E-state index is 0.0628. The summed E-state index contributed by atoms with van der Waals surface area (Å²) in [5.74, 6) is -1.09. The molecule has 0 saturated heterocycles. The molecule has 1 unspecified atom stereocenters. The number of rotatable bonds is 9. The predicted octanol–water partition coefficient (Wildman–Crippen LogP) is 1.04. The summed E-state index contributed by atoms with van der Waals surface area (Å²) < 4.78 is 0. The fourth-order valence-electron chi connectivity index (χ4n) is 1.14. The third-order valence-corrected chi connectivity index (χ3v) is 2.33. The minimum atomic E-state index is -0.870. The van der Waals surface area contributed by atoms with Gasteiger partial charge in [-0.25, -0.2) is 0 Å². The molecule has 0 bridgehead atoms. The number of carboxylic acids is 2. The highest BCUT2D eigenvalue weighted by molar-refractivity contribution is 5.67. The van der Waals surface area contributed by atoms with E-state index in [4.69, 9.17) is 21.7 Å². The highest BCUT2D eigenvalue weighted by Crippen LogP contribution is 2.00. The highest BCUT2D eigenvalue weighted by atomic mass is 16.4. The molecule has 6 heteroatoms. The Balaban J connectivity index is 0. The van der Waals surface area contributed by atoms with Crippen LogP contribution in [0.1, 0.15) is 45.4 Å². The lowest BCUT2D eigenvalue weighted by Gasteiger charge is -2.04. The Labute approximate surface area is 108 Å². The van der Waals surface area contributed by atoms with Gasteiger partial charge in [-0.1, -0.05) is 6.92 Å². The van der Waals surface area contributed by atoms with Gasteiger partial charge in [0.05, 0.1) is 0 Å². The number of hydrogen-bond donors (Lipinski definition) is 4. The Kier molecular flexibility index (Phi) is 14.9. The summed E-state index contributed by atoms with van der Waals surface area (Å²) in [6, 6.07) is 0. The van der Waals surface area contributed by atoms with Crippen LogP contribution in [0.5, 0.6) is 0 Å². The molecule has 0 aliphatic rings. The van der Waals surface area contributed by atoms with Crippen LogP contribution in [-0.4, -0.2) is 35.2 Å². The van der Waals surface area contributed by atoms with Crippen LogP contribution in [-0.2, 0) is 9.59 Å². The molecule has 0 aliphatic heterocycles. The Morgan fingerprint density at radius 2 is 1.44 bits per heavy atom. The van der Waals surface area contributed by atoms with Gasteiger partial charge in [0.25, 0.3) is 0 Å². The van der Waals surface area contributed by atoms with Gasteiger partial charge in [-0.05, 0) is 44.7 Å². The van der Waals surface area contributed by atoms with Gasteiger partial charge in [-0.3, -0.25) is 9.59 Å². The van der Waals surface area contributed by atoms with Crippen molar-refractivity contribution in [3.8, 4) is 0 Å². The maximum atomic E-state index is 9.90. The Morgan fingerprint density at radius 3 is 1.72 bits per heavy atom. The molecule has 0 rings (SSSR count). The molecule has 0 fully saturated rings. The molecule has 108 valence electrons. The number of carboxylic acid groups (broad SMARTS) is 2. The fourth-order valence-corrected chi connectivity index (χ4v) is 1.14. The van der Waals surface area contributed by atoms with Crippen molar-refractivity contribution in [2.75, 3.05) is 13.1 Å². The van der Waals surface area contributed by atoms with Crippen molar-refractivity contribution in [2.45, 2.75) is 45.4 Å². The van der Waals surface area contributed by atoms with Gasteiger partial charge in [0, 0.05) is 12.8 Å². The zero-order valence-corrected chi connectivity index (χ0v) is 11.1. The van der Waals surface area contributed by atoms with E-state index in [-0.39, 0.29) is 12.8 Å². The first-order valence-corrected chi connectivity index (χ1v) is 6.27. The van der Waals surface area contributed by atoms with Crippen LogP contribution in [0, 0.1) is 5.92 Å². The van der Waals surface area contributed by atoms with Crippen molar-refractivity contribution >= 4 is 11.9 Å². The van der Waals surface area contributed by atoms with Crippen molar-refractivity contribution in [1.29, 1.82) is 0 Å². The topological polar surface area (TPSA) is 127 Å². The molecule has 0 aliphatic carbocycles. The van der Waals surface area contributed by atoms with Gasteiger partial charge >= 0.3 is 11.9 Å². The molecule has 0 aromatic heterocycles. The van der Waals surface area contributed by atoms with Crippen LogP contribution in [0.25, 0.3) is 0 Å². The average molecular weight is 262 g/mol. The minimum Gasteiger partial charge on any atom is -0.481 e. The van der Waals surface area contributed by atoms with Crippen LogP contribution in [0.4, 0.5) is 0 Å². The van der Waals surface area contributed by atoms with Gasteiger partial charge in [-0.2, -0.15) is 0 Å². The molecule has 0 aromatic carbocycles. The third kappa shape index (κ3) is 20.3. The van der Waals surface area contributed by atoms with E-state index in [1.54, 1.807) is 0 Å². The van der Waals surface area contributed by atoms with Crippen molar-refractivity contribution in [3.63, 3.8) is 0 Å². The highest BCUT2D eigenvalue weighted by Gasteiger charge is 1.99. The monoisotopic (exact) mass is 262 g/mol. The Morgan fingerprint density at radius 1 is 1.00 bits per heavy atom. The zero-order chi connectivity index (χ0) is 14.4. The summed E-state index contributed by atoms with van der Waals surface area (Å²) in [5.41, 5.74) is 10.7. The van der Waals surface area contributed by atoms with E-state index in [2.05, 4.69) is 6.92 Å². The molecule has 1 atom stereocenters. The first-order chi connectivity index (χ1) is 8.43. The van der Waals surface area contributed by atoms with Crippen molar-refractivity contribution in [3.05, 3.63) is 0 Å². The maximum Gasteiger partial charge on any atom is 0.303 e. The normalized spacial score (nSPS) is 11.3.